The Morgan fingerprint density at radius 1 is 1.21 bits per heavy atom. The lowest BCUT2D eigenvalue weighted by Crippen LogP contribution is -2.31. The Kier molecular flexibility index (Phi) is 3.11. The molecule has 3 rings (SSSR count). The zero-order chi connectivity index (χ0) is 13.4. The Morgan fingerprint density at radius 3 is 2.68 bits per heavy atom. The summed E-state index contributed by atoms with van der Waals surface area (Å²) < 4.78 is 2.23. The fourth-order valence-corrected chi connectivity index (χ4v) is 2.90. The highest BCUT2D eigenvalue weighted by molar-refractivity contribution is 5.31. The number of nitrogens with zero attached hydrogens (tertiary/aromatic N) is 3. The van der Waals surface area contributed by atoms with Gasteiger partial charge in [0.15, 0.2) is 5.82 Å². The van der Waals surface area contributed by atoms with Gasteiger partial charge < -0.3 is 9.88 Å². The summed E-state index contributed by atoms with van der Waals surface area (Å²) in [5, 5.41) is 12.2. The predicted molar refractivity (Wildman–Crippen MR) is 74.9 cm³/mol. The monoisotopic (exact) mass is 256 g/mol. The molecule has 0 aliphatic carbocycles. The Labute approximate surface area is 113 Å². The van der Waals surface area contributed by atoms with Crippen molar-refractivity contribution in [2.75, 3.05) is 0 Å². The average Bonchev–Trinajstić information content (AvgIpc) is 2.80. The van der Waals surface area contributed by atoms with Crippen molar-refractivity contribution >= 4 is 0 Å². The number of hydrogen-bond acceptors (Lipinski definition) is 3. The summed E-state index contributed by atoms with van der Waals surface area (Å²) in [4.78, 5) is 0. The van der Waals surface area contributed by atoms with Crippen molar-refractivity contribution in [2.45, 2.75) is 45.8 Å². The van der Waals surface area contributed by atoms with Crippen molar-refractivity contribution in [3.8, 4) is 0 Å². The molecule has 0 amide bonds. The zero-order valence-electron chi connectivity index (χ0n) is 11.7. The highest BCUT2D eigenvalue weighted by Gasteiger charge is 2.25. The maximum atomic E-state index is 4.38. The van der Waals surface area contributed by atoms with Crippen LogP contribution < -0.4 is 5.32 Å². The third-order valence-corrected chi connectivity index (χ3v) is 3.80. The molecule has 1 aliphatic heterocycles. The molecular weight excluding hydrogens is 236 g/mol. The van der Waals surface area contributed by atoms with E-state index in [9.17, 15) is 0 Å². The molecule has 4 nitrogen and oxygen atoms in total. The highest BCUT2D eigenvalue weighted by atomic mass is 15.3. The van der Waals surface area contributed by atoms with Gasteiger partial charge >= 0.3 is 0 Å². The molecule has 1 aromatic heterocycles. The molecule has 0 fully saturated rings. The van der Waals surface area contributed by atoms with Gasteiger partial charge in [0.05, 0.1) is 6.04 Å². The summed E-state index contributed by atoms with van der Waals surface area (Å²) in [5.74, 6) is 2.05. The van der Waals surface area contributed by atoms with E-state index < -0.39 is 0 Å². The van der Waals surface area contributed by atoms with Gasteiger partial charge in [0, 0.05) is 12.6 Å². The van der Waals surface area contributed by atoms with Crippen LogP contribution in [0.3, 0.4) is 0 Å². The van der Waals surface area contributed by atoms with Gasteiger partial charge in [-0.15, -0.1) is 10.2 Å². The number of aromatic nitrogens is 3. The van der Waals surface area contributed by atoms with Crippen LogP contribution in [0.1, 0.15) is 48.7 Å². The number of aryl methyl sites for hydroxylation is 1. The molecule has 1 aromatic carbocycles. The number of hydrogen-bond donors (Lipinski definition) is 1. The fourth-order valence-electron chi connectivity index (χ4n) is 2.90. The largest absolute Gasteiger partial charge is 0.311 e. The van der Waals surface area contributed by atoms with E-state index >= 15 is 0 Å². The molecule has 0 spiro atoms. The van der Waals surface area contributed by atoms with E-state index in [0.717, 1.165) is 24.6 Å². The van der Waals surface area contributed by atoms with Gasteiger partial charge in [0.25, 0.3) is 0 Å². The molecule has 4 heteroatoms. The van der Waals surface area contributed by atoms with Crippen LogP contribution in [0.15, 0.2) is 24.3 Å². The van der Waals surface area contributed by atoms with Gasteiger partial charge in [-0.2, -0.15) is 0 Å². The second-order valence-electron chi connectivity index (χ2n) is 5.48. The maximum absolute atomic E-state index is 4.38. The molecule has 1 N–H and O–H groups in total. The van der Waals surface area contributed by atoms with E-state index in [1.54, 1.807) is 0 Å². The number of rotatable bonds is 2. The molecule has 2 heterocycles. The molecular formula is C15H20N4. The lowest BCUT2D eigenvalue weighted by Gasteiger charge is -2.26. The molecule has 0 bridgehead atoms. The summed E-state index contributed by atoms with van der Waals surface area (Å²) in [6.07, 6.45) is 0.987. The van der Waals surface area contributed by atoms with Crippen molar-refractivity contribution in [3.05, 3.63) is 47.0 Å². The molecule has 0 saturated heterocycles. The van der Waals surface area contributed by atoms with Gasteiger partial charge in [0.2, 0.25) is 0 Å². The summed E-state index contributed by atoms with van der Waals surface area (Å²) in [5.41, 5.74) is 2.81. The van der Waals surface area contributed by atoms with Crippen molar-refractivity contribution in [3.63, 3.8) is 0 Å². The number of nitrogens with one attached hydrogen (secondary N) is 1. The van der Waals surface area contributed by atoms with E-state index in [4.69, 9.17) is 0 Å². The lowest BCUT2D eigenvalue weighted by atomic mass is 9.95. The average molecular weight is 256 g/mol. The molecule has 0 radical (unpaired) electrons. The Bertz CT molecular complexity index is 586. The standard InChI is InChI=1S/C15H20N4/c1-10(2)19-11(3)17-18-15(19)14-8-12-6-4-5-7-13(12)9-16-14/h4-7,10,14,16H,8-9H2,1-3H3. The SMILES string of the molecule is Cc1nnc(C2Cc3ccccc3CN2)n1C(C)C. The first-order valence-electron chi connectivity index (χ1n) is 6.88. The van der Waals surface area contributed by atoms with Gasteiger partial charge in [0.1, 0.15) is 5.82 Å². The van der Waals surface area contributed by atoms with Gasteiger partial charge in [-0.25, -0.2) is 0 Å². The second kappa shape index (κ2) is 4.78. The van der Waals surface area contributed by atoms with E-state index in [1.807, 2.05) is 6.92 Å². The van der Waals surface area contributed by atoms with Crippen LogP contribution in [-0.2, 0) is 13.0 Å². The fraction of sp³-hybridized carbons (Fsp3) is 0.467. The Balaban J connectivity index is 1.93. The minimum atomic E-state index is 0.262. The van der Waals surface area contributed by atoms with E-state index in [2.05, 4.69) is 58.2 Å². The van der Waals surface area contributed by atoms with Gasteiger partial charge in [-0.05, 0) is 38.3 Å². The third kappa shape index (κ3) is 2.16. The van der Waals surface area contributed by atoms with Crippen molar-refractivity contribution in [2.24, 2.45) is 0 Å². The zero-order valence-corrected chi connectivity index (χ0v) is 11.7. The summed E-state index contributed by atoms with van der Waals surface area (Å²) >= 11 is 0. The van der Waals surface area contributed by atoms with Gasteiger partial charge in [-0.3, -0.25) is 0 Å². The molecule has 1 unspecified atom stereocenters. The number of fused-ring (bicyclic) bond motifs is 1. The van der Waals surface area contributed by atoms with E-state index in [1.165, 1.54) is 11.1 Å². The van der Waals surface area contributed by atoms with Crippen LogP contribution >= 0.6 is 0 Å². The first-order chi connectivity index (χ1) is 9.16. The molecule has 1 aliphatic rings. The van der Waals surface area contributed by atoms with Crippen LogP contribution in [-0.4, -0.2) is 14.8 Å². The third-order valence-electron chi connectivity index (χ3n) is 3.80. The Hall–Kier alpha value is -1.68. The normalized spacial score (nSPS) is 18.6. The van der Waals surface area contributed by atoms with Gasteiger partial charge in [-0.1, -0.05) is 24.3 Å². The molecule has 1 atom stereocenters. The van der Waals surface area contributed by atoms with Crippen molar-refractivity contribution < 1.29 is 0 Å². The van der Waals surface area contributed by atoms with Crippen LogP contribution in [0.5, 0.6) is 0 Å². The highest BCUT2D eigenvalue weighted by Crippen LogP contribution is 2.26. The second-order valence-corrected chi connectivity index (χ2v) is 5.48. The molecule has 0 saturated carbocycles. The first-order valence-corrected chi connectivity index (χ1v) is 6.88. The summed E-state index contributed by atoms with van der Waals surface area (Å²) in [7, 11) is 0. The Morgan fingerprint density at radius 2 is 1.95 bits per heavy atom. The van der Waals surface area contributed by atoms with E-state index in [-0.39, 0.29) is 6.04 Å². The minimum absolute atomic E-state index is 0.262. The first kappa shape index (κ1) is 12.4. The van der Waals surface area contributed by atoms with Crippen LogP contribution in [0, 0.1) is 6.92 Å². The van der Waals surface area contributed by atoms with E-state index in [0.29, 0.717) is 6.04 Å². The predicted octanol–water partition coefficient (Wildman–Crippen LogP) is 2.55. The molecule has 19 heavy (non-hydrogen) atoms. The maximum Gasteiger partial charge on any atom is 0.150 e. The van der Waals surface area contributed by atoms with Crippen LogP contribution in [0.25, 0.3) is 0 Å². The van der Waals surface area contributed by atoms with Crippen LogP contribution in [0.2, 0.25) is 0 Å². The quantitative estimate of drug-likeness (QED) is 0.898. The van der Waals surface area contributed by atoms with Crippen molar-refractivity contribution in [1.29, 1.82) is 0 Å². The summed E-state index contributed by atoms with van der Waals surface area (Å²) in [6.45, 7) is 7.28. The lowest BCUT2D eigenvalue weighted by molar-refractivity contribution is 0.435. The molecule has 100 valence electrons. The number of benzene rings is 1. The van der Waals surface area contributed by atoms with Crippen LogP contribution in [0.4, 0.5) is 0 Å². The molecule has 2 aromatic rings. The van der Waals surface area contributed by atoms with Crippen molar-refractivity contribution in [1.82, 2.24) is 20.1 Å². The minimum Gasteiger partial charge on any atom is -0.311 e. The summed E-state index contributed by atoms with van der Waals surface area (Å²) in [6, 6.07) is 9.27. The smallest absolute Gasteiger partial charge is 0.150 e. The topological polar surface area (TPSA) is 42.7 Å².